The first kappa shape index (κ1) is 20.2. The largest absolute Gasteiger partial charge is 0.326 e. The van der Waals surface area contributed by atoms with Crippen LogP contribution in [0.2, 0.25) is 5.02 Å². The van der Waals surface area contributed by atoms with E-state index < -0.39 is 11.8 Å². The van der Waals surface area contributed by atoms with Crippen LogP contribution in [0.5, 0.6) is 0 Å². The van der Waals surface area contributed by atoms with Crippen molar-refractivity contribution in [2.45, 2.75) is 19.8 Å². The Hall–Kier alpha value is -3.12. The summed E-state index contributed by atoms with van der Waals surface area (Å²) < 4.78 is 0. The van der Waals surface area contributed by atoms with Gasteiger partial charge in [0.1, 0.15) is 0 Å². The van der Waals surface area contributed by atoms with Gasteiger partial charge >= 0.3 is 0 Å². The number of hydrazine groups is 1. The van der Waals surface area contributed by atoms with Crippen molar-refractivity contribution >= 4 is 41.1 Å². The van der Waals surface area contributed by atoms with Gasteiger partial charge < -0.3 is 5.32 Å². The van der Waals surface area contributed by atoms with E-state index in [1.807, 2.05) is 6.92 Å². The van der Waals surface area contributed by atoms with Crippen LogP contribution in [-0.4, -0.2) is 17.7 Å². The number of carbonyl (C=O) groups excluding carboxylic acids is 3. The molecule has 0 aliphatic carbocycles. The minimum absolute atomic E-state index is 0.0766. The summed E-state index contributed by atoms with van der Waals surface area (Å²) in [5.41, 5.74) is 6.27. The highest BCUT2D eigenvalue weighted by molar-refractivity contribution is 6.32. The van der Waals surface area contributed by atoms with Gasteiger partial charge in [0, 0.05) is 28.8 Å². The van der Waals surface area contributed by atoms with Crippen molar-refractivity contribution in [1.82, 2.24) is 10.9 Å². The molecule has 0 saturated carbocycles. The average molecular weight is 386 g/mol. The zero-order valence-corrected chi connectivity index (χ0v) is 15.5. The molecule has 0 unspecified atom stereocenters. The molecule has 0 bridgehead atoms. The summed E-state index contributed by atoms with van der Waals surface area (Å²) in [4.78, 5) is 35.4. The second-order valence-corrected chi connectivity index (χ2v) is 6.08. The molecular weight excluding hydrogens is 366 g/mol. The topological polar surface area (TPSA) is 87.3 Å². The molecule has 0 aromatic heterocycles. The first-order chi connectivity index (χ1) is 13.0. The maximum atomic E-state index is 12.1. The number of halogens is 1. The Morgan fingerprint density at radius 3 is 2.37 bits per heavy atom. The molecule has 6 nitrogen and oxygen atoms in total. The molecule has 0 radical (unpaired) electrons. The molecule has 3 amide bonds. The molecule has 27 heavy (non-hydrogen) atoms. The molecule has 3 N–H and O–H groups in total. The fourth-order valence-corrected chi connectivity index (χ4v) is 2.36. The van der Waals surface area contributed by atoms with Gasteiger partial charge in [0.05, 0.1) is 0 Å². The Morgan fingerprint density at radius 1 is 1.00 bits per heavy atom. The lowest BCUT2D eigenvalue weighted by Gasteiger charge is -2.07. The van der Waals surface area contributed by atoms with Gasteiger partial charge in [-0.25, -0.2) is 0 Å². The Balaban J connectivity index is 1.85. The first-order valence-electron chi connectivity index (χ1n) is 8.42. The smallest absolute Gasteiger partial charge is 0.269 e. The lowest BCUT2D eigenvalue weighted by Crippen LogP contribution is -2.40. The Bertz CT molecular complexity index is 848. The summed E-state index contributed by atoms with van der Waals surface area (Å²) in [6.45, 7) is 1.92. The Morgan fingerprint density at radius 2 is 1.70 bits per heavy atom. The minimum atomic E-state index is -0.494. The normalized spacial score (nSPS) is 10.4. The van der Waals surface area contributed by atoms with Gasteiger partial charge in [0.25, 0.3) is 11.8 Å². The monoisotopic (exact) mass is 385 g/mol. The highest BCUT2D eigenvalue weighted by Crippen LogP contribution is 2.16. The summed E-state index contributed by atoms with van der Waals surface area (Å²) in [6, 6.07) is 13.5. The van der Waals surface area contributed by atoms with Crippen LogP contribution < -0.4 is 16.2 Å². The number of hydrogen-bond acceptors (Lipinski definition) is 3. The van der Waals surface area contributed by atoms with Gasteiger partial charge in [0.2, 0.25) is 5.91 Å². The number of carbonyl (C=O) groups is 3. The highest BCUT2D eigenvalue weighted by Gasteiger charge is 2.07. The number of nitrogens with one attached hydrogen (secondary N) is 3. The van der Waals surface area contributed by atoms with E-state index in [0.717, 1.165) is 6.42 Å². The summed E-state index contributed by atoms with van der Waals surface area (Å²) in [6.07, 6.45) is 4.03. The van der Waals surface area contributed by atoms with E-state index in [0.29, 0.717) is 28.3 Å². The van der Waals surface area contributed by atoms with E-state index in [1.54, 1.807) is 54.6 Å². The fraction of sp³-hybridized carbons (Fsp3) is 0.150. The van der Waals surface area contributed by atoms with Crippen LogP contribution in [0.4, 0.5) is 5.69 Å². The van der Waals surface area contributed by atoms with Gasteiger partial charge in [-0.15, -0.1) is 0 Å². The zero-order valence-electron chi connectivity index (χ0n) is 14.8. The summed E-state index contributed by atoms with van der Waals surface area (Å²) in [7, 11) is 0. The van der Waals surface area contributed by atoms with Crippen LogP contribution in [0, 0.1) is 0 Å². The van der Waals surface area contributed by atoms with Crippen molar-refractivity contribution < 1.29 is 14.4 Å². The lowest BCUT2D eigenvalue weighted by molar-refractivity contribution is -0.117. The minimum Gasteiger partial charge on any atom is -0.326 e. The number of hydrogen-bond donors (Lipinski definition) is 3. The second-order valence-electron chi connectivity index (χ2n) is 5.67. The van der Waals surface area contributed by atoms with E-state index in [-0.39, 0.29) is 5.91 Å². The van der Waals surface area contributed by atoms with E-state index in [9.17, 15) is 14.4 Å². The van der Waals surface area contributed by atoms with Crippen molar-refractivity contribution in [1.29, 1.82) is 0 Å². The molecule has 0 aliphatic rings. The van der Waals surface area contributed by atoms with Gasteiger partial charge in [-0.2, -0.15) is 0 Å². The molecule has 140 valence electrons. The summed E-state index contributed by atoms with van der Waals surface area (Å²) >= 11 is 6.00. The average Bonchev–Trinajstić information content (AvgIpc) is 2.66. The molecule has 0 spiro atoms. The van der Waals surface area contributed by atoms with E-state index >= 15 is 0 Å². The SMILES string of the molecule is CCCC(=O)Nc1ccc(C(=O)NNC(=O)C=Cc2ccccc2Cl)cc1. The fourth-order valence-electron chi connectivity index (χ4n) is 2.16. The van der Waals surface area contributed by atoms with Gasteiger partial charge in [-0.05, 0) is 48.4 Å². The number of anilines is 1. The first-order valence-corrected chi connectivity index (χ1v) is 8.80. The number of rotatable bonds is 6. The molecule has 7 heteroatoms. The molecule has 2 aromatic rings. The van der Waals surface area contributed by atoms with Gasteiger partial charge in [-0.1, -0.05) is 36.7 Å². The van der Waals surface area contributed by atoms with Crippen molar-refractivity contribution in [2.24, 2.45) is 0 Å². The maximum absolute atomic E-state index is 12.1. The van der Waals surface area contributed by atoms with Crippen LogP contribution >= 0.6 is 11.6 Å². The highest BCUT2D eigenvalue weighted by atomic mass is 35.5. The Kier molecular flexibility index (Phi) is 7.58. The van der Waals surface area contributed by atoms with Crippen molar-refractivity contribution in [3.8, 4) is 0 Å². The molecule has 2 rings (SSSR count). The molecule has 0 aliphatic heterocycles. The molecule has 0 saturated heterocycles. The second kappa shape index (κ2) is 10.1. The van der Waals surface area contributed by atoms with Gasteiger partial charge in [-0.3, -0.25) is 25.2 Å². The predicted molar refractivity (Wildman–Crippen MR) is 106 cm³/mol. The number of benzene rings is 2. The third kappa shape index (κ3) is 6.60. The van der Waals surface area contributed by atoms with Crippen LogP contribution in [-0.2, 0) is 9.59 Å². The van der Waals surface area contributed by atoms with Crippen molar-refractivity contribution in [2.75, 3.05) is 5.32 Å². The van der Waals surface area contributed by atoms with Crippen LogP contribution in [0.3, 0.4) is 0 Å². The standard InChI is InChI=1S/C20H20ClN3O3/c1-2-5-18(25)22-16-11-8-15(9-12-16)20(27)24-23-19(26)13-10-14-6-3-4-7-17(14)21/h3-4,6-13H,2,5H2,1H3,(H,22,25)(H,23,26)(H,24,27). The third-order valence-corrected chi connectivity index (χ3v) is 3.87. The molecular formula is C20H20ClN3O3. The molecule has 0 atom stereocenters. The quantitative estimate of drug-likeness (QED) is 0.525. The lowest BCUT2D eigenvalue weighted by atomic mass is 10.2. The van der Waals surface area contributed by atoms with E-state index in [1.165, 1.54) is 6.08 Å². The molecule has 2 aromatic carbocycles. The van der Waals surface area contributed by atoms with Gasteiger partial charge in [0.15, 0.2) is 0 Å². The maximum Gasteiger partial charge on any atom is 0.269 e. The van der Waals surface area contributed by atoms with E-state index in [4.69, 9.17) is 11.6 Å². The van der Waals surface area contributed by atoms with E-state index in [2.05, 4.69) is 16.2 Å². The molecule has 0 fully saturated rings. The third-order valence-electron chi connectivity index (χ3n) is 3.53. The summed E-state index contributed by atoms with van der Waals surface area (Å²) in [5, 5.41) is 3.26. The predicted octanol–water partition coefficient (Wildman–Crippen LogP) is 3.55. The Labute approximate surface area is 162 Å². The van der Waals surface area contributed by atoms with Crippen molar-refractivity contribution in [3.63, 3.8) is 0 Å². The van der Waals surface area contributed by atoms with Crippen LogP contribution in [0.15, 0.2) is 54.6 Å². The molecule has 0 heterocycles. The van der Waals surface area contributed by atoms with Crippen molar-refractivity contribution in [3.05, 3.63) is 70.8 Å². The zero-order chi connectivity index (χ0) is 19.6. The summed E-state index contributed by atoms with van der Waals surface area (Å²) in [5.74, 6) is -1.04. The van der Waals surface area contributed by atoms with Crippen LogP contribution in [0.1, 0.15) is 35.7 Å². The van der Waals surface area contributed by atoms with Crippen LogP contribution in [0.25, 0.3) is 6.08 Å². The number of amides is 3.